The van der Waals surface area contributed by atoms with E-state index >= 15 is 0 Å². The monoisotopic (exact) mass is 304 g/mol. The summed E-state index contributed by atoms with van der Waals surface area (Å²) in [6.45, 7) is 0.764. The van der Waals surface area contributed by atoms with E-state index in [1.807, 2.05) is 53.2 Å². The minimum Gasteiger partial charge on any atom is -0.497 e. The Balaban J connectivity index is 1.70. The van der Waals surface area contributed by atoms with Crippen molar-refractivity contribution < 1.29 is 4.74 Å². The predicted molar refractivity (Wildman–Crippen MR) is 89.0 cm³/mol. The molecule has 2 aromatic heterocycles. The lowest BCUT2D eigenvalue weighted by Crippen LogP contribution is -2.07. The highest BCUT2D eigenvalue weighted by molar-refractivity contribution is 5.75. The van der Waals surface area contributed by atoms with Gasteiger partial charge in [-0.05, 0) is 42.0 Å². The van der Waals surface area contributed by atoms with Gasteiger partial charge in [-0.1, -0.05) is 29.5 Å². The first kappa shape index (κ1) is 13.6. The standard InChI is InChI=1S/C18H16N4O/c1-23-15-10-8-14(9-11-15)13-21-12-4-7-18(21)22-17-6-3-2-5-16(17)19-20-22/h2-12H,13H2,1H3. The van der Waals surface area contributed by atoms with Crippen LogP contribution in [0.1, 0.15) is 5.56 Å². The first-order valence-corrected chi connectivity index (χ1v) is 7.44. The molecule has 2 heterocycles. The maximum Gasteiger partial charge on any atom is 0.136 e. The number of methoxy groups -OCH3 is 1. The SMILES string of the molecule is COc1ccc(Cn2cccc2-n2nnc3ccccc32)cc1. The molecule has 0 amide bonds. The van der Waals surface area contributed by atoms with Gasteiger partial charge in [-0.15, -0.1) is 5.10 Å². The third-order valence-electron chi connectivity index (χ3n) is 3.89. The number of hydrogen-bond donors (Lipinski definition) is 0. The van der Waals surface area contributed by atoms with Gasteiger partial charge in [0.1, 0.15) is 17.1 Å². The number of ether oxygens (including phenoxy) is 1. The fraction of sp³-hybridized carbons (Fsp3) is 0.111. The molecular formula is C18H16N4O. The van der Waals surface area contributed by atoms with Gasteiger partial charge in [-0.2, -0.15) is 4.68 Å². The summed E-state index contributed by atoms with van der Waals surface area (Å²) >= 11 is 0. The molecule has 4 rings (SSSR count). The Bertz CT molecular complexity index is 937. The Kier molecular flexibility index (Phi) is 3.31. The molecule has 4 aromatic rings. The molecule has 0 fully saturated rings. The summed E-state index contributed by atoms with van der Waals surface area (Å²) in [5.41, 5.74) is 3.10. The third-order valence-corrected chi connectivity index (χ3v) is 3.89. The van der Waals surface area contributed by atoms with Gasteiger partial charge in [0.2, 0.25) is 0 Å². The average molecular weight is 304 g/mol. The number of para-hydroxylation sites is 1. The van der Waals surface area contributed by atoms with Gasteiger partial charge < -0.3 is 9.30 Å². The molecule has 0 radical (unpaired) electrons. The molecule has 0 bridgehead atoms. The van der Waals surface area contributed by atoms with E-state index in [-0.39, 0.29) is 0 Å². The van der Waals surface area contributed by atoms with E-state index in [1.165, 1.54) is 5.56 Å². The van der Waals surface area contributed by atoms with Crippen LogP contribution in [0.25, 0.3) is 16.9 Å². The van der Waals surface area contributed by atoms with Crippen LogP contribution in [-0.4, -0.2) is 26.7 Å². The van der Waals surface area contributed by atoms with Crippen LogP contribution >= 0.6 is 0 Å². The Morgan fingerprint density at radius 2 is 1.78 bits per heavy atom. The highest BCUT2D eigenvalue weighted by Gasteiger charge is 2.10. The van der Waals surface area contributed by atoms with Crippen LogP contribution in [0.15, 0.2) is 66.9 Å². The smallest absolute Gasteiger partial charge is 0.136 e. The molecule has 0 aliphatic rings. The lowest BCUT2D eigenvalue weighted by molar-refractivity contribution is 0.414. The van der Waals surface area contributed by atoms with Crippen molar-refractivity contribution in [2.45, 2.75) is 6.54 Å². The van der Waals surface area contributed by atoms with Gasteiger partial charge in [0.15, 0.2) is 0 Å². The predicted octanol–water partition coefficient (Wildman–Crippen LogP) is 3.28. The molecule has 0 saturated carbocycles. The zero-order valence-electron chi connectivity index (χ0n) is 12.8. The highest BCUT2D eigenvalue weighted by atomic mass is 16.5. The molecule has 23 heavy (non-hydrogen) atoms. The lowest BCUT2D eigenvalue weighted by Gasteiger charge is -2.10. The summed E-state index contributed by atoms with van der Waals surface area (Å²) in [5, 5.41) is 8.52. The summed E-state index contributed by atoms with van der Waals surface area (Å²) in [7, 11) is 1.68. The molecule has 114 valence electrons. The molecule has 0 spiro atoms. The molecule has 0 atom stereocenters. The maximum absolute atomic E-state index is 5.21. The van der Waals surface area contributed by atoms with Crippen molar-refractivity contribution in [1.29, 1.82) is 0 Å². The zero-order valence-corrected chi connectivity index (χ0v) is 12.8. The fourth-order valence-corrected chi connectivity index (χ4v) is 2.70. The summed E-state index contributed by atoms with van der Waals surface area (Å²) in [5.74, 6) is 1.86. The summed E-state index contributed by atoms with van der Waals surface area (Å²) in [6.07, 6.45) is 2.05. The Morgan fingerprint density at radius 3 is 2.61 bits per heavy atom. The Hall–Kier alpha value is -3.08. The summed E-state index contributed by atoms with van der Waals surface area (Å²) in [4.78, 5) is 0. The Morgan fingerprint density at radius 1 is 0.957 bits per heavy atom. The van der Waals surface area contributed by atoms with Crippen molar-refractivity contribution in [2.75, 3.05) is 7.11 Å². The topological polar surface area (TPSA) is 44.9 Å². The number of rotatable bonds is 4. The number of fused-ring (bicyclic) bond motifs is 1. The van der Waals surface area contributed by atoms with E-state index in [4.69, 9.17) is 4.74 Å². The number of aromatic nitrogens is 4. The first-order valence-electron chi connectivity index (χ1n) is 7.44. The molecule has 0 aliphatic carbocycles. The van der Waals surface area contributed by atoms with Gasteiger partial charge in [0.25, 0.3) is 0 Å². The quantitative estimate of drug-likeness (QED) is 0.581. The maximum atomic E-state index is 5.21. The van der Waals surface area contributed by atoms with Crippen molar-refractivity contribution in [3.63, 3.8) is 0 Å². The van der Waals surface area contributed by atoms with E-state index in [1.54, 1.807) is 7.11 Å². The first-order chi connectivity index (χ1) is 11.3. The van der Waals surface area contributed by atoms with Crippen molar-refractivity contribution in [3.05, 3.63) is 72.4 Å². The van der Waals surface area contributed by atoms with Crippen molar-refractivity contribution in [3.8, 4) is 11.6 Å². The van der Waals surface area contributed by atoms with Gasteiger partial charge in [-0.25, -0.2) is 0 Å². The molecule has 0 saturated heterocycles. The lowest BCUT2D eigenvalue weighted by atomic mass is 10.2. The van der Waals surface area contributed by atoms with E-state index in [0.717, 1.165) is 29.1 Å². The van der Waals surface area contributed by atoms with Crippen LogP contribution in [0.2, 0.25) is 0 Å². The second-order valence-electron chi connectivity index (χ2n) is 5.33. The molecule has 2 aromatic carbocycles. The van der Waals surface area contributed by atoms with Crippen molar-refractivity contribution >= 4 is 11.0 Å². The Labute approximate surface area is 133 Å². The molecule has 5 heteroatoms. The zero-order chi connectivity index (χ0) is 15.6. The minimum atomic E-state index is 0.764. The van der Waals surface area contributed by atoms with Gasteiger partial charge in [0, 0.05) is 12.7 Å². The van der Waals surface area contributed by atoms with Crippen LogP contribution in [0.4, 0.5) is 0 Å². The largest absolute Gasteiger partial charge is 0.497 e. The van der Waals surface area contributed by atoms with Crippen molar-refractivity contribution in [2.24, 2.45) is 0 Å². The minimum absolute atomic E-state index is 0.764. The summed E-state index contributed by atoms with van der Waals surface area (Å²) < 4.78 is 9.24. The second-order valence-corrected chi connectivity index (χ2v) is 5.33. The van der Waals surface area contributed by atoms with Crippen LogP contribution in [0.3, 0.4) is 0 Å². The van der Waals surface area contributed by atoms with Gasteiger partial charge in [-0.3, -0.25) is 0 Å². The van der Waals surface area contributed by atoms with Crippen LogP contribution in [0.5, 0.6) is 5.75 Å². The molecule has 0 N–H and O–H groups in total. The molecule has 0 aliphatic heterocycles. The number of nitrogens with zero attached hydrogens (tertiary/aromatic N) is 4. The van der Waals surface area contributed by atoms with Gasteiger partial charge in [0.05, 0.1) is 12.6 Å². The molecule has 5 nitrogen and oxygen atoms in total. The van der Waals surface area contributed by atoms with E-state index in [9.17, 15) is 0 Å². The van der Waals surface area contributed by atoms with Crippen LogP contribution in [0, 0.1) is 0 Å². The van der Waals surface area contributed by atoms with Gasteiger partial charge >= 0.3 is 0 Å². The number of hydrogen-bond acceptors (Lipinski definition) is 3. The van der Waals surface area contributed by atoms with Crippen LogP contribution in [-0.2, 0) is 6.54 Å². The average Bonchev–Trinajstić information content (AvgIpc) is 3.22. The normalized spacial score (nSPS) is 11.0. The van der Waals surface area contributed by atoms with E-state index < -0.39 is 0 Å². The highest BCUT2D eigenvalue weighted by Crippen LogP contribution is 2.18. The third kappa shape index (κ3) is 2.46. The number of benzene rings is 2. The van der Waals surface area contributed by atoms with E-state index in [2.05, 4.69) is 33.2 Å². The molecular weight excluding hydrogens is 288 g/mol. The molecule has 0 unspecified atom stereocenters. The van der Waals surface area contributed by atoms with Crippen molar-refractivity contribution in [1.82, 2.24) is 19.6 Å². The summed E-state index contributed by atoms with van der Waals surface area (Å²) in [6, 6.07) is 20.1. The fourth-order valence-electron chi connectivity index (χ4n) is 2.70. The second kappa shape index (κ2) is 5.61. The van der Waals surface area contributed by atoms with Crippen LogP contribution < -0.4 is 4.74 Å². The van der Waals surface area contributed by atoms with E-state index in [0.29, 0.717) is 0 Å².